The van der Waals surface area contributed by atoms with Gasteiger partial charge in [-0.1, -0.05) is 72.1 Å². The molecule has 0 atom stereocenters. The van der Waals surface area contributed by atoms with Gasteiger partial charge in [-0.2, -0.15) is 60.7 Å². The second kappa shape index (κ2) is 12.4. The summed E-state index contributed by atoms with van der Waals surface area (Å²) in [6.45, 7) is 0. The molecule has 2 nitrogen and oxygen atoms in total. The molecule has 0 aliphatic rings. The van der Waals surface area contributed by atoms with E-state index in [1.165, 1.54) is 32.9 Å². The number of hydrogen-bond donors (Lipinski definition) is 0. The van der Waals surface area contributed by atoms with Crippen molar-refractivity contribution in [2.45, 2.75) is 0 Å². The number of nitrogens with zero attached hydrogens (tertiary/aromatic N) is 1. The Kier molecular flexibility index (Phi) is 7.90. The van der Waals surface area contributed by atoms with Gasteiger partial charge in [0.25, 0.3) is 0 Å². The Morgan fingerprint density at radius 3 is 1.91 bits per heavy atom. The van der Waals surface area contributed by atoms with E-state index in [1.54, 1.807) is 0 Å². The molecule has 0 amide bonds. The van der Waals surface area contributed by atoms with Crippen LogP contribution in [0.15, 0.2) is 162 Å². The topological polar surface area (TPSA) is 18.1 Å². The summed E-state index contributed by atoms with van der Waals surface area (Å²) >= 11 is 0. The first-order valence-electron chi connectivity index (χ1n) is 14.7. The van der Waals surface area contributed by atoms with Crippen molar-refractivity contribution >= 4 is 43.7 Å². The average Bonchev–Trinajstić information content (AvgIpc) is 3.65. The van der Waals surface area contributed by atoms with Gasteiger partial charge < -0.3 is 8.98 Å². The van der Waals surface area contributed by atoms with Crippen molar-refractivity contribution in [1.82, 2.24) is 4.57 Å². The van der Waals surface area contributed by atoms with Crippen LogP contribution >= 0.6 is 0 Å². The second-order valence-corrected chi connectivity index (χ2v) is 10.7. The fourth-order valence-electron chi connectivity index (χ4n) is 6.00. The summed E-state index contributed by atoms with van der Waals surface area (Å²) in [7, 11) is 0. The van der Waals surface area contributed by atoms with Crippen LogP contribution in [-0.2, 0) is 21.1 Å². The standard InChI is InChI=1S/C30H19N.C12H7O.W/c1-2-10-22(11-3-1)23-12-8-13-24(20-23)25-14-9-15-26(21-25)31-29-18-6-4-16-27(29)28-17-5-7-19-30(28)31;1-3-7-11-9(5-1)10-6-2-4-8-12(10)13-11;/h1-10,13-21H;1,3-8H;/q-2;-1;. The second-order valence-electron chi connectivity index (χ2n) is 10.7. The summed E-state index contributed by atoms with van der Waals surface area (Å²) in [5.41, 5.74) is 9.96. The van der Waals surface area contributed by atoms with Gasteiger partial charge in [-0.3, -0.25) is 0 Å². The first-order valence-corrected chi connectivity index (χ1v) is 14.7. The molecule has 0 saturated carbocycles. The van der Waals surface area contributed by atoms with Crippen molar-refractivity contribution in [3.8, 4) is 27.9 Å². The molecule has 0 aliphatic carbocycles. The molecule has 2 aromatic heterocycles. The predicted molar refractivity (Wildman–Crippen MR) is 182 cm³/mol. The van der Waals surface area contributed by atoms with Gasteiger partial charge in [0.1, 0.15) is 5.58 Å². The number of fused-ring (bicyclic) bond motifs is 6. The van der Waals surface area contributed by atoms with Crippen molar-refractivity contribution in [2.24, 2.45) is 0 Å². The summed E-state index contributed by atoms with van der Waals surface area (Å²) in [6.07, 6.45) is 0. The molecular formula is C42H26NOW-3. The van der Waals surface area contributed by atoms with Crippen LogP contribution in [0, 0.1) is 18.2 Å². The first kappa shape index (κ1) is 28.6. The maximum Gasteiger partial charge on any atom is 0.120 e. The number of rotatable bonds is 3. The molecule has 45 heavy (non-hydrogen) atoms. The van der Waals surface area contributed by atoms with Crippen LogP contribution in [0.2, 0.25) is 0 Å². The fourth-order valence-corrected chi connectivity index (χ4v) is 6.00. The van der Waals surface area contributed by atoms with Gasteiger partial charge in [0.15, 0.2) is 0 Å². The van der Waals surface area contributed by atoms with Crippen LogP contribution in [0.1, 0.15) is 0 Å². The summed E-state index contributed by atoms with van der Waals surface area (Å²) in [4.78, 5) is 0. The summed E-state index contributed by atoms with van der Waals surface area (Å²) in [6, 6.07) is 63.9. The molecular weight excluding hydrogens is 718 g/mol. The van der Waals surface area contributed by atoms with Crippen LogP contribution in [-0.4, -0.2) is 4.57 Å². The third kappa shape index (κ3) is 5.39. The van der Waals surface area contributed by atoms with E-state index in [4.69, 9.17) is 4.42 Å². The maximum absolute atomic E-state index is 5.63. The smallest absolute Gasteiger partial charge is 0.120 e. The van der Waals surface area contributed by atoms with E-state index in [0.29, 0.717) is 0 Å². The van der Waals surface area contributed by atoms with Crippen LogP contribution in [0.25, 0.3) is 71.7 Å². The monoisotopic (exact) mass is 744 g/mol. The Morgan fingerprint density at radius 2 is 1.13 bits per heavy atom. The predicted octanol–water partition coefficient (Wildman–Crippen LogP) is 11.1. The Morgan fingerprint density at radius 1 is 0.467 bits per heavy atom. The Labute approximate surface area is 276 Å². The van der Waals surface area contributed by atoms with Gasteiger partial charge in [0, 0.05) is 43.1 Å². The van der Waals surface area contributed by atoms with E-state index in [1.807, 2.05) is 60.7 Å². The van der Waals surface area contributed by atoms with Crippen molar-refractivity contribution < 1.29 is 25.5 Å². The molecule has 3 heteroatoms. The fraction of sp³-hybridized carbons (Fsp3) is 0. The van der Waals surface area contributed by atoms with Gasteiger partial charge in [0.05, 0.1) is 11.0 Å². The van der Waals surface area contributed by atoms with E-state index in [-0.39, 0.29) is 21.1 Å². The van der Waals surface area contributed by atoms with Gasteiger partial charge in [-0.15, -0.1) is 23.8 Å². The largest absolute Gasteiger partial charge is 0.483 e. The zero-order chi connectivity index (χ0) is 29.3. The molecule has 0 unspecified atom stereocenters. The van der Waals surface area contributed by atoms with Crippen molar-refractivity contribution in [3.63, 3.8) is 0 Å². The minimum absolute atomic E-state index is 0. The van der Waals surface area contributed by atoms with E-state index >= 15 is 0 Å². The Balaban J connectivity index is 0.000000194. The molecule has 0 bridgehead atoms. The SMILES string of the molecule is [W].[c-]1ccc2oc3ccccc3c2c1.[c-]1ccccc1-c1[c-]ccc(-c2cccc(-n3c4ccccc4c4ccccc43)c2)c1. The van der Waals surface area contributed by atoms with Crippen molar-refractivity contribution in [1.29, 1.82) is 0 Å². The van der Waals surface area contributed by atoms with Gasteiger partial charge >= 0.3 is 0 Å². The van der Waals surface area contributed by atoms with Crippen molar-refractivity contribution in [3.05, 3.63) is 176 Å². The van der Waals surface area contributed by atoms with E-state index < -0.39 is 0 Å². The third-order valence-electron chi connectivity index (χ3n) is 8.04. The van der Waals surface area contributed by atoms with Crippen LogP contribution in [0.4, 0.5) is 0 Å². The molecule has 0 fully saturated rings. The molecule has 0 aliphatic heterocycles. The normalized spacial score (nSPS) is 10.9. The van der Waals surface area contributed by atoms with E-state index in [9.17, 15) is 0 Å². The number of aromatic nitrogens is 1. The molecule has 0 radical (unpaired) electrons. The van der Waals surface area contributed by atoms with Crippen molar-refractivity contribution in [2.75, 3.05) is 0 Å². The molecule has 0 saturated heterocycles. The van der Waals surface area contributed by atoms with Gasteiger partial charge in [-0.25, -0.2) is 11.1 Å². The Bertz CT molecular complexity index is 2300. The maximum atomic E-state index is 5.63. The number of para-hydroxylation sites is 3. The zero-order valence-corrected chi connectivity index (χ0v) is 27.2. The van der Waals surface area contributed by atoms with Crippen LogP contribution < -0.4 is 0 Å². The van der Waals surface area contributed by atoms with Gasteiger partial charge in [-0.05, 0) is 41.3 Å². The van der Waals surface area contributed by atoms with Gasteiger partial charge in [0.2, 0.25) is 0 Å². The zero-order valence-electron chi connectivity index (χ0n) is 24.3. The summed E-state index contributed by atoms with van der Waals surface area (Å²) in [5, 5.41) is 4.85. The van der Waals surface area contributed by atoms with E-state index in [0.717, 1.165) is 38.8 Å². The average molecular weight is 745 g/mol. The minimum Gasteiger partial charge on any atom is -0.483 e. The molecule has 0 spiro atoms. The molecule has 9 aromatic rings. The minimum atomic E-state index is 0. The number of furan rings is 1. The number of hydrogen-bond acceptors (Lipinski definition) is 1. The summed E-state index contributed by atoms with van der Waals surface area (Å²) < 4.78 is 7.99. The first-order chi connectivity index (χ1) is 21.8. The number of benzene rings is 7. The molecule has 9 rings (SSSR count). The molecule has 7 aromatic carbocycles. The van der Waals surface area contributed by atoms with Crippen LogP contribution in [0.5, 0.6) is 0 Å². The van der Waals surface area contributed by atoms with E-state index in [2.05, 4.69) is 120 Å². The van der Waals surface area contributed by atoms with Crippen LogP contribution in [0.3, 0.4) is 0 Å². The molecule has 214 valence electrons. The Hall–Kier alpha value is -5.17. The summed E-state index contributed by atoms with van der Waals surface area (Å²) in [5.74, 6) is 0. The third-order valence-corrected chi connectivity index (χ3v) is 8.04. The quantitative estimate of drug-likeness (QED) is 0.165. The molecule has 2 heterocycles. The molecule has 0 N–H and O–H groups in total.